The minimum absolute atomic E-state index is 0.0569. The van der Waals surface area contributed by atoms with Crippen LogP contribution in [0.4, 0.5) is 4.79 Å². The molecule has 1 atom stereocenters. The van der Waals surface area contributed by atoms with Crippen molar-refractivity contribution in [2.45, 2.75) is 32.9 Å². The van der Waals surface area contributed by atoms with Crippen LogP contribution in [0.1, 0.15) is 31.3 Å². The number of imide groups is 1. The molecule has 7 nitrogen and oxygen atoms in total. The number of hydrogen-bond donors (Lipinski definition) is 2. The second kappa shape index (κ2) is 7.35. The van der Waals surface area contributed by atoms with E-state index in [1.165, 1.54) is 13.0 Å². The fraction of sp³-hybridized carbons (Fsp3) is 0.312. The fourth-order valence-electron chi connectivity index (χ4n) is 1.90. The van der Waals surface area contributed by atoms with E-state index in [1.54, 1.807) is 32.0 Å². The van der Waals surface area contributed by atoms with E-state index < -0.39 is 24.0 Å². The summed E-state index contributed by atoms with van der Waals surface area (Å²) in [5.74, 6) is -1.60. The van der Waals surface area contributed by atoms with E-state index in [0.29, 0.717) is 16.0 Å². The SMILES string of the molecule is CC(C)NC(=O)NC(=O)[C@@H](C)OC(=O)c1cc2cc(Cl)ccc2o1. The average molecular weight is 353 g/mol. The van der Waals surface area contributed by atoms with E-state index in [0.717, 1.165) is 0 Å². The summed E-state index contributed by atoms with van der Waals surface area (Å²) in [6.07, 6.45) is -1.16. The van der Waals surface area contributed by atoms with Crippen LogP contribution < -0.4 is 10.6 Å². The highest BCUT2D eigenvalue weighted by Crippen LogP contribution is 2.23. The highest BCUT2D eigenvalue weighted by atomic mass is 35.5. The quantitative estimate of drug-likeness (QED) is 0.824. The summed E-state index contributed by atoms with van der Waals surface area (Å²) in [6.45, 7) is 4.86. The highest BCUT2D eigenvalue weighted by Gasteiger charge is 2.23. The van der Waals surface area contributed by atoms with E-state index in [2.05, 4.69) is 10.6 Å². The minimum Gasteiger partial charge on any atom is -0.449 e. The number of urea groups is 1. The van der Waals surface area contributed by atoms with Gasteiger partial charge in [0.05, 0.1) is 0 Å². The lowest BCUT2D eigenvalue weighted by atomic mass is 10.2. The maximum Gasteiger partial charge on any atom is 0.375 e. The zero-order valence-corrected chi connectivity index (χ0v) is 14.1. The van der Waals surface area contributed by atoms with Crippen molar-refractivity contribution in [3.05, 3.63) is 35.0 Å². The Kier molecular flexibility index (Phi) is 5.46. The van der Waals surface area contributed by atoms with E-state index in [-0.39, 0.29) is 11.8 Å². The third kappa shape index (κ3) is 4.48. The van der Waals surface area contributed by atoms with E-state index in [4.69, 9.17) is 20.8 Å². The summed E-state index contributed by atoms with van der Waals surface area (Å²) in [6, 6.07) is 5.59. The molecule has 8 heteroatoms. The van der Waals surface area contributed by atoms with E-state index in [9.17, 15) is 14.4 Å². The van der Waals surface area contributed by atoms with Gasteiger partial charge in [-0.25, -0.2) is 9.59 Å². The van der Waals surface area contributed by atoms with Gasteiger partial charge in [-0.2, -0.15) is 0 Å². The van der Waals surface area contributed by atoms with Gasteiger partial charge in [-0.05, 0) is 45.0 Å². The molecule has 128 valence electrons. The highest BCUT2D eigenvalue weighted by molar-refractivity contribution is 6.31. The summed E-state index contributed by atoms with van der Waals surface area (Å²) in [5.41, 5.74) is 0.472. The molecule has 0 saturated heterocycles. The van der Waals surface area contributed by atoms with Crippen LogP contribution >= 0.6 is 11.6 Å². The van der Waals surface area contributed by atoms with E-state index in [1.807, 2.05) is 0 Å². The Labute approximate surface area is 143 Å². The van der Waals surface area contributed by atoms with Crippen molar-refractivity contribution in [1.82, 2.24) is 10.6 Å². The van der Waals surface area contributed by atoms with Crippen molar-refractivity contribution in [3.8, 4) is 0 Å². The standard InChI is InChI=1S/C16H17ClN2O5/c1-8(2)18-16(22)19-14(20)9(3)23-15(21)13-7-10-6-11(17)4-5-12(10)24-13/h4-9H,1-3H3,(H2,18,19,20,22)/t9-/m1/s1. The predicted octanol–water partition coefficient (Wildman–Crippen LogP) is 2.87. The van der Waals surface area contributed by atoms with Crippen molar-refractivity contribution < 1.29 is 23.5 Å². The molecule has 0 aliphatic heterocycles. The van der Waals surface area contributed by atoms with Crippen LogP contribution in [0.25, 0.3) is 11.0 Å². The molecule has 0 aliphatic rings. The molecule has 3 amide bonds. The molecule has 0 spiro atoms. The number of amides is 3. The molecule has 1 aromatic heterocycles. The Morgan fingerprint density at radius 3 is 2.54 bits per heavy atom. The Hall–Kier alpha value is -2.54. The van der Waals surface area contributed by atoms with Gasteiger partial charge >= 0.3 is 12.0 Å². The lowest BCUT2D eigenvalue weighted by molar-refractivity contribution is -0.128. The smallest absolute Gasteiger partial charge is 0.375 e. The molecule has 1 heterocycles. The van der Waals surface area contributed by atoms with E-state index >= 15 is 0 Å². The van der Waals surface area contributed by atoms with Gasteiger partial charge in [0.1, 0.15) is 5.58 Å². The maximum absolute atomic E-state index is 12.0. The zero-order chi connectivity index (χ0) is 17.9. The zero-order valence-electron chi connectivity index (χ0n) is 13.4. The van der Waals surface area contributed by atoms with Crippen molar-refractivity contribution >= 4 is 40.5 Å². The molecule has 0 unspecified atom stereocenters. The van der Waals surface area contributed by atoms with Gasteiger partial charge in [-0.1, -0.05) is 11.6 Å². The number of ether oxygens (including phenoxy) is 1. The molecular formula is C16H17ClN2O5. The molecule has 0 saturated carbocycles. The van der Waals surface area contributed by atoms with Crippen LogP contribution in [-0.4, -0.2) is 30.1 Å². The van der Waals surface area contributed by atoms with Crippen LogP contribution in [0, 0.1) is 0 Å². The first-order valence-electron chi connectivity index (χ1n) is 7.27. The molecule has 0 radical (unpaired) electrons. The number of halogens is 1. The monoisotopic (exact) mass is 352 g/mol. The van der Waals surface area contributed by atoms with Gasteiger partial charge < -0.3 is 14.5 Å². The number of nitrogens with one attached hydrogen (secondary N) is 2. The Balaban J connectivity index is 1.99. The van der Waals surface area contributed by atoms with Gasteiger partial charge in [0.25, 0.3) is 5.91 Å². The van der Waals surface area contributed by atoms with Gasteiger partial charge in [0.2, 0.25) is 5.76 Å². The third-order valence-electron chi connectivity index (χ3n) is 2.99. The Bertz CT molecular complexity index is 784. The van der Waals surface area contributed by atoms with Crippen LogP contribution in [0.3, 0.4) is 0 Å². The molecule has 0 bridgehead atoms. The van der Waals surface area contributed by atoms with Crippen LogP contribution in [0.5, 0.6) is 0 Å². The second-order valence-electron chi connectivity index (χ2n) is 5.46. The molecule has 2 N–H and O–H groups in total. The van der Waals surface area contributed by atoms with Crippen LogP contribution in [0.2, 0.25) is 5.02 Å². The lowest BCUT2D eigenvalue weighted by Crippen LogP contribution is -2.46. The molecular weight excluding hydrogens is 336 g/mol. The molecule has 0 fully saturated rings. The number of benzene rings is 1. The first-order valence-corrected chi connectivity index (χ1v) is 7.65. The molecule has 2 rings (SSSR count). The van der Waals surface area contributed by atoms with Gasteiger partial charge in [-0.15, -0.1) is 0 Å². The normalized spacial score (nSPS) is 12.0. The van der Waals surface area contributed by atoms with Crippen molar-refractivity contribution in [2.75, 3.05) is 0 Å². The Morgan fingerprint density at radius 2 is 1.88 bits per heavy atom. The number of carbonyl (C=O) groups excluding carboxylic acids is 3. The predicted molar refractivity (Wildman–Crippen MR) is 87.9 cm³/mol. The van der Waals surface area contributed by atoms with Crippen LogP contribution in [0.15, 0.2) is 28.7 Å². The van der Waals surface area contributed by atoms with Gasteiger partial charge in [-0.3, -0.25) is 10.1 Å². The van der Waals surface area contributed by atoms with Crippen molar-refractivity contribution in [3.63, 3.8) is 0 Å². The molecule has 0 aliphatic carbocycles. The molecule has 2 aromatic rings. The minimum atomic E-state index is -1.16. The second-order valence-corrected chi connectivity index (χ2v) is 5.89. The number of fused-ring (bicyclic) bond motifs is 1. The van der Waals surface area contributed by atoms with Crippen molar-refractivity contribution in [1.29, 1.82) is 0 Å². The summed E-state index contributed by atoms with van der Waals surface area (Å²) in [5, 5.41) is 5.73. The lowest BCUT2D eigenvalue weighted by Gasteiger charge is -2.13. The van der Waals surface area contributed by atoms with Crippen molar-refractivity contribution in [2.24, 2.45) is 0 Å². The molecule has 1 aromatic carbocycles. The largest absolute Gasteiger partial charge is 0.449 e. The topological polar surface area (TPSA) is 97.6 Å². The first kappa shape index (κ1) is 17.8. The number of esters is 1. The summed E-state index contributed by atoms with van der Waals surface area (Å²) < 4.78 is 10.4. The summed E-state index contributed by atoms with van der Waals surface area (Å²) >= 11 is 5.87. The van der Waals surface area contributed by atoms with Crippen LogP contribution in [-0.2, 0) is 9.53 Å². The van der Waals surface area contributed by atoms with Gasteiger partial charge in [0, 0.05) is 16.5 Å². The fourth-order valence-corrected chi connectivity index (χ4v) is 2.08. The summed E-state index contributed by atoms with van der Waals surface area (Å²) in [7, 11) is 0. The third-order valence-corrected chi connectivity index (χ3v) is 3.22. The number of carbonyl (C=O) groups is 3. The number of rotatable bonds is 4. The number of hydrogen-bond acceptors (Lipinski definition) is 5. The average Bonchev–Trinajstić information content (AvgIpc) is 2.89. The van der Waals surface area contributed by atoms with Gasteiger partial charge in [0.15, 0.2) is 6.10 Å². The molecule has 24 heavy (non-hydrogen) atoms. The first-order chi connectivity index (χ1) is 11.3. The summed E-state index contributed by atoms with van der Waals surface area (Å²) in [4.78, 5) is 35.3. The Morgan fingerprint density at radius 1 is 1.17 bits per heavy atom. The number of furan rings is 1. The maximum atomic E-state index is 12.0.